The number of hydrogen-bond donors (Lipinski definition) is 0. The van der Waals surface area contributed by atoms with E-state index in [-0.39, 0.29) is 5.78 Å². The van der Waals surface area contributed by atoms with E-state index in [2.05, 4.69) is 33.8 Å². The van der Waals surface area contributed by atoms with E-state index in [1.54, 1.807) is 6.08 Å². The smallest absolute Gasteiger partial charge is 0.156 e. The molecule has 2 atom stereocenters. The maximum atomic E-state index is 11.2. The summed E-state index contributed by atoms with van der Waals surface area (Å²) in [6, 6.07) is 0. The SMILES string of the molecule is CC.CCCC(C)/C(C)=C\C1CC(=O)C=C1C. The number of carbonyl (C=O) groups is 1. The molecule has 0 bridgehead atoms. The Morgan fingerprint density at radius 1 is 1.53 bits per heavy atom. The third-order valence-electron chi connectivity index (χ3n) is 3.36. The van der Waals surface area contributed by atoms with Crippen LogP contribution in [0, 0.1) is 11.8 Å². The Kier molecular flexibility index (Phi) is 7.86. The lowest BCUT2D eigenvalue weighted by molar-refractivity contribution is -0.114. The average Bonchev–Trinajstić information content (AvgIpc) is 2.60. The van der Waals surface area contributed by atoms with Gasteiger partial charge in [0.15, 0.2) is 5.78 Å². The molecule has 98 valence electrons. The second-order valence-electron chi connectivity index (χ2n) is 4.77. The van der Waals surface area contributed by atoms with E-state index in [9.17, 15) is 4.79 Å². The summed E-state index contributed by atoms with van der Waals surface area (Å²) in [6.45, 7) is 12.7. The van der Waals surface area contributed by atoms with Gasteiger partial charge in [0.25, 0.3) is 0 Å². The highest BCUT2D eigenvalue weighted by Crippen LogP contribution is 2.27. The molecule has 0 radical (unpaired) electrons. The maximum absolute atomic E-state index is 11.2. The molecule has 0 fully saturated rings. The number of allylic oxidation sites excluding steroid dienone is 4. The van der Waals surface area contributed by atoms with Crippen LogP contribution in [0.5, 0.6) is 0 Å². The van der Waals surface area contributed by atoms with Crippen LogP contribution in [0.4, 0.5) is 0 Å². The van der Waals surface area contributed by atoms with Crippen LogP contribution in [0.3, 0.4) is 0 Å². The van der Waals surface area contributed by atoms with Gasteiger partial charge in [0.05, 0.1) is 0 Å². The van der Waals surface area contributed by atoms with Gasteiger partial charge in [-0.2, -0.15) is 0 Å². The van der Waals surface area contributed by atoms with Gasteiger partial charge in [0.1, 0.15) is 0 Å². The fraction of sp³-hybridized carbons (Fsp3) is 0.688. The quantitative estimate of drug-likeness (QED) is 0.632. The Labute approximate surface area is 107 Å². The van der Waals surface area contributed by atoms with Crippen molar-refractivity contribution < 1.29 is 4.79 Å². The van der Waals surface area contributed by atoms with Crippen molar-refractivity contribution >= 4 is 5.78 Å². The van der Waals surface area contributed by atoms with Crippen molar-refractivity contribution in [2.24, 2.45) is 11.8 Å². The van der Waals surface area contributed by atoms with E-state index in [1.807, 2.05) is 13.8 Å². The van der Waals surface area contributed by atoms with E-state index in [4.69, 9.17) is 0 Å². The molecule has 2 unspecified atom stereocenters. The minimum atomic E-state index is 0.282. The van der Waals surface area contributed by atoms with Gasteiger partial charge < -0.3 is 0 Å². The predicted molar refractivity (Wildman–Crippen MR) is 76.0 cm³/mol. The minimum Gasteiger partial charge on any atom is -0.295 e. The number of carbonyl (C=O) groups excluding carboxylic acids is 1. The lowest BCUT2D eigenvalue weighted by Crippen LogP contribution is -2.01. The third kappa shape index (κ3) is 5.34. The lowest BCUT2D eigenvalue weighted by Gasteiger charge is -2.14. The van der Waals surface area contributed by atoms with Crippen molar-refractivity contribution in [1.82, 2.24) is 0 Å². The van der Waals surface area contributed by atoms with Crippen molar-refractivity contribution in [2.45, 2.75) is 60.8 Å². The molecule has 1 aliphatic carbocycles. The van der Waals surface area contributed by atoms with Gasteiger partial charge in [-0.25, -0.2) is 0 Å². The maximum Gasteiger partial charge on any atom is 0.156 e. The van der Waals surface area contributed by atoms with Crippen LogP contribution in [0.2, 0.25) is 0 Å². The van der Waals surface area contributed by atoms with Gasteiger partial charge in [-0.05, 0) is 32.3 Å². The molecular formula is C16H28O. The molecule has 1 heteroatoms. The lowest BCUT2D eigenvalue weighted by atomic mass is 9.92. The van der Waals surface area contributed by atoms with Crippen LogP contribution in [-0.4, -0.2) is 5.78 Å². The third-order valence-corrected chi connectivity index (χ3v) is 3.36. The Morgan fingerprint density at radius 2 is 2.12 bits per heavy atom. The van der Waals surface area contributed by atoms with E-state index in [0.29, 0.717) is 18.3 Å². The molecule has 0 saturated carbocycles. The normalized spacial score (nSPS) is 21.8. The van der Waals surface area contributed by atoms with Crippen LogP contribution in [-0.2, 0) is 4.79 Å². The summed E-state index contributed by atoms with van der Waals surface area (Å²) in [7, 11) is 0. The topological polar surface area (TPSA) is 17.1 Å². The molecule has 0 aromatic rings. The predicted octanol–water partition coefficient (Wildman–Crippen LogP) is 4.93. The highest BCUT2D eigenvalue weighted by atomic mass is 16.1. The van der Waals surface area contributed by atoms with Gasteiger partial charge >= 0.3 is 0 Å². The molecule has 0 saturated heterocycles. The van der Waals surface area contributed by atoms with E-state index in [1.165, 1.54) is 24.0 Å². The van der Waals surface area contributed by atoms with Crippen molar-refractivity contribution in [3.8, 4) is 0 Å². The zero-order valence-electron chi connectivity index (χ0n) is 12.3. The van der Waals surface area contributed by atoms with Crippen molar-refractivity contribution in [3.05, 3.63) is 23.3 Å². The molecule has 0 spiro atoms. The van der Waals surface area contributed by atoms with Gasteiger partial charge in [-0.1, -0.05) is 51.3 Å². The Balaban J connectivity index is 0.00000121. The zero-order valence-corrected chi connectivity index (χ0v) is 12.3. The van der Waals surface area contributed by atoms with Crippen LogP contribution in [0.15, 0.2) is 23.3 Å². The van der Waals surface area contributed by atoms with Gasteiger partial charge in [0.2, 0.25) is 0 Å². The summed E-state index contributed by atoms with van der Waals surface area (Å²) in [5.74, 6) is 1.31. The molecule has 1 rings (SSSR count). The Morgan fingerprint density at radius 3 is 2.53 bits per heavy atom. The first-order valence-corrected chi connectivity index (χ1v) is 6.94. The van der Waals surface area contributed by atoms with E-state index in [0.717, 1.165) is 0 Å². The highest BCUT2D eigenvalue weighted by molar-refractivity contribution is 5.93. The highest BCUT2D eigenvalue weighted by Gasteiger charge is 2.20. The molecule has 0 aromatic carbocycles. The Hall–Kier alpha value is -0.850. The molecule has 0 aromatic heterocycles. The molecule has 0 heterocycles. The van der Waals surface area contributed by atoms with Crippen LogP contribution >= 0.6 is 0 Å². The fourth-order valence-corrected chi connectivity index (χ4v) is 2.13. The first kappa shape index (κ1) is 16.1. The first-order valence-electron chi connectivity index (χ1n) is 6.94. The molecule has 0 aliphatic heterocycles. The minimum absolute atomic E-state index is 0.282. The largest absolute Gasteiger partial charge is 0.295 e. The molecular weight excluding hydrogens is 208 g/mol. The standard InChI is InChI=1S/C14H22O.C2H6/c1-5-6-10(2)11(3)7-13-9-14(15)8-12(13)4;1-2/h7-8,10,13H,5-6,9H2,1-4H3;1-2H3/b11-7-;. The summed E-state index contributed by atoms with van der Waals surface area (Å²) < 4.78 is 0. The summed E-state index contributed by atoms with van der Waals surface area (Å²) >= 11 is 0. The van der Waals surface area contributed by atoms with Crippen LogP contribution in [0.1, 0.15) is 60.8 Å². The van der Waals surface area contributed by atoms with Crippen LogP contribution < -0.4 is 0 Å². The monoisotopic (exact) mass is 236 g/mol. The van der Waals surface area contributed by atoms with E-state index < -0.39 is 0 Å². The molecule has 0 N–H and O–H groups in total. The summed E-state index contributed by atoms with van der Waals surface area (Å²) in [5, 5.41) is 0. The van der Waals surface area contributed by atoms with Gasteiger partial charge in [-0.15, -0.1) is 0 Å². The summed E-state index contributed by atoms with van der Waals surface area (Å²) in [6.07, 6.45) is 7.23. The number of hydrogen-bond acceptors (Lipinski definition) is 1. The first-order chi connectivity index (χ1) is 8.04. The summed E-state index contributed by atoms with van der Waals surface area (Å²) in [5.41, 5.74) is 2.66. The van der Waals surface area contributed by atoms with Crippen molar-refractivity contribution in [2.75, 3.05) is 0 Å². The second kappa shape index (κ2) is 8.27. The van der Waals surface area contributed by atoms with Gasteiger partial charge in [-0.3, -0.25) is 4.79 Å². The number of rotatable bonds is 4. The Bertz CT molecular complexity index is 297. The zero-order chi connectivity index (χ0) is 13.4. The van der Waals surface area contributed by atoms with Crippen LogP contribution in [0.25, 0.3) is 0 Å². The molecule has 17 heavy (non-hydrogen) atoms. The van der Waals surface area contributed by atoms with Crippen molar-refractivity contribution in [1.29, 1.82) is 0 Å². The van der Waals surface area contributed by atoms with Gasteiger partial charge in [0, 0.05) is 12.3 Å². The molecule has 1 nitrogen and oxygen atoms in total. The second-order valence-corrected chi connectivity index (χ2v) is 4.77. The molecule has 0 amide bonds. The number of ketones is 1. The summed E-state index contributed by atoms with van der Waals surface area (Å²) in [4.78, 5) is 11.2. The fourth-order valence-electron chi connectivity index (χ4n) is 2.13. The van der Waals surface area contributed by atoms with Crippen molar-refractivity contribution in [3.63, 3.8) is 0 Å². The average molecular weight is 236 g/mol. The molecule has 1 aliphatic rings. The van der Waals surface area contributed by atoms with E-state index >= 15 is 0 Å².